The highest BCUT2D eigenvalue weighted by atomic mass is 16.5. The van der Waals surface area contributed by atoms with Gasteiger partial charge in [0, 0.05) is 6.61 Å². The summed E-state index contributed by atoms with van der Waals surface area (Å²) >= 11 is 0. The molecule has 0 saturated heterocycles. The minimum Gasteiger partial charge on any atom is -0.378 e. The van der Waals surface area contributed by atoms with E-state index in [0.717, 1.165) is 24.4 Å². The zero-order valence-corrected chi connectivity index (χ0v) is 16.5. The molecule has 2 aliphatic carbocycles. The van der Waals surface area contributed by atoms with Gasteiger partial charge in [-0.1, -0.05) is 64.0 Å². The monoisotopic (exact) mass is 334 g/mol. The van der Waals surface area contributed by atoms with Crippen LogP contribution in [0.3, 0.4) is 0 Å². The Morgan fingerprint density at radius 2 is 1.33 bits per heavy atom. The third-order valence-corrected chi connectivity index (χ3v) is 6.57. The van der Waals surface area contributed by atoms with Crippen LogP contribution in [0, 0.1) is 17.8 Å². The van der Waals surface area contributed by atoms with E-state index in [2.05, 4.69) is 26.0 Å². The molecule has 2 rings (SSSR count). The molecule has 140 valence electrons. The average Bonchev–Trinajstić information content (AvgIpc) is 2.63. The average molecular weight is 335 g/mol. The van der Waals surface area contributed by atoms with Crippen molar-refractivity contribution >= 4 is 0 Å². The Balaban J connectivity index is 1.51. The first kappa shape index (κ1) is 20.0. The Bertz CT molecular complexity index is 319. The maximum absolute atomic E-state index is 6.01. The van der Waals surface area contributed by atoms with Crippen molar-refractivity contribution in [2.75, 3.05) is 6.61 Å². The first-order valence-corrected chi connectivity index (χ1v) is 11.0. The predicted molar refractivity (Wildman–Crippen MR) is 105 cm³/mol. The van der Waals surface area contributed by atoms with Gasteiger partial charge in [0.1, 0.15) is 0 Å². The standard InChI is InChI=1S/C23H42O/c1-3-5-7-8-20-9-11-21(12-10-20)13-14-22-15-17-23(18-16-22)24-19-6-4-2/h3,5,20-23H,4,6-19H2,1-2H3/b5-3+/t20-,21-,22-,23-. The third-order valence-electron chi connectivity index (χ3n) is 6.57. The fraction of sp³-hybridized carbons (Fsp3) is 0.913. The van der Waals surface area contributed by atoms with Gasteiger partial charge in [0.15, 0.2) is 0 Å². The Hall–Kier alpha value is -0.300. The summed E-state index contributed by atoms with van der Waals surface area (Å²) in [6, 6.07) is 0. The van der Waals surface area contributed by atoms with Gasteiger partial charge in [-0.25, -0.2) is 0 Å². The van der Waals surface area contributed by atoms with Crippen LogP contribution in [0.2, 0.25) is 0 Å². The van der Waals surface area contributed by atoms with Gasteiger partial charge in [-0.2, -0.15) is 0 Å². The van der Waals surface area contributed by atoms with Crippen molar-refractivity contribution in [1.82, 2.24) is 0 Å². The second kappa shape index (κ2) is 12.1. The number of allylic oxidation sites excluding steroid dienone is 2. The number of rotatable bonds is 10. The van der Waals surface area contributed by atoms with Crippen LogP contribution in [-0.2, 0) is 4.74 Å². The Morgan fingerprint density at radius 1 is 0.792 bits per heavy atom. The van der Waals surface area contributed by atoms with Gasteiger partial charge in [-0.05, 0) is 69.6 Å². The minimum absolute atomic E-state index is 0.584. The maximum atomic E-state index is 6.01. The molecule has 2 saturated carbocycles. The summed E-state index contributed by atoms with van der Waals surface area (Å²) in [7, 11) is 0. The highest BCUT2D eigenvalue weighted by Gasteiger charge is 2.24. The van der Waals surface area contributed by atoms with E-state index in [-0.39, 0.29) is 0 Å². The normalized spacial score (nSPS) is 31.6. The van der Waals surface area contributed by atoms with E-state index in [1.807, 2.05) is 0 Å². The van der Waals surface area contributed by atoms with Crippen molar-refractivity contribution in [3.63, 3.8) is 0 Å². The first-order chi connectivity index (χ1) is 11.8. The lowest BCUT2D eigenvalue weighted by Crippen LogP contribution is -2.23. The van der Waals surface area contributed by atoms with Gasteiger partial charge >= 0.3 is 0 Å². The third kappa shape index (κ3) is 7.72. The van der Waals surface area contributed by atoms with Crippen molar-refractivity contribution in [2.24, 2.45) is 17.8 Å². The van der Waals surface area contributed by atoms with Crippen molar-refractivity contribution in [3.05, 3.63) is 12.2 Å². The maximum Gasteiger partial charge on any atom is 0.0575 e. The van der Waals surface area contributed by atoms with Crippen molar-refractivity contribution in [2.45, 2.75) is 110 Å². The van der Waals surface area contributed by atoms with Gasteiger partial charge in [0.05, 0.1) is 6.10 Å². The fourth-order valence-electron chi connectivity index (χ4n) is 4.76. The van der Waals surface area contributed by atoms with Gasteiger partial charge in [-0.3, -0.25) is 0 Å². The quantitative estimate of drug-likeness (QED) is 0.301. The molecule has 2 fully saturated rings. The summed E-state index contributed by atoms with van der Waals surface area (Å²) < 4.78 is 6.01. The van der Waals surface area contributed by atoms with Crippen molar-refractivity contribution in [1.29, 1.82) is 0 Å². The molecule has 24 heavy (non-hydrogen) atoms. The highest BCUT2D eigenvalue weighted by Crippen LogP contribution is 2.37. The van der Waals surface area contributed by atoms with Crippen LogP contribution >= 0.6 is 0 Å². The topological polar surface area (TPSA) is 9.23 Å². The molecule has 0 atom stereocenters. The Kier molecular flexibility index (Phi) is 10.1. The zero-order valence-electron chi connectivity index (χ0n) is 16.5. The number of ether oxygens (including phenoxy) is 1. The van der Waals surface area contributed by atoms with E-state index in [9.17, 15) is 0 Å². The van der Waals surface area contributed by atoms with Crippen LogP contribution in [-0.4, -0.2) is 12.7 Å². The summed E-state index contributed by atoms with van der Waals surface area (Å²) in [6.07, 6.45) is 24.9. The Morgan fingerprint density at radius 3 is 1.88 bits per heavy atom. The molecule has 0 aromatic heterocycles. The lowest BCUT2D eigenvalue weighted by atomic mass is 9.76. The summed E-state index contributed by atoms with van der Waals surface area (Å²) in [5.41, 5.74) is 0. The van der Waals surface area contributed by atoms with Gasteiger partial charge in [0.25, 0.3) is 0 Å². The zero-order chi connectivity index (χ0) is 17.0. The van der Waals surface area contributed by atoms with Crippen LogP contribution < -0.4 is 0 Å². The molecule has 0 unspecified atom stereocenters. The van der Waals surface area contributed by atoms with Crippen molar-refractivity contribution < 1.29 is 4.74 Å². The molecule has 0 N–H and O–H groups in total. The summed E-state index contributed by atoms with van der Waals surface area (Å²) in [6.45, 7) is 5.38. The molecular formula is C23H42O. The molecule has 0 radical (unpaired) electrons. The van der Waals surface area contributed by atoms with E-state index in [0.29, 0.717) is 6.10 Å². The van der Waals surface area contributed by atoms with E-state index in [1.54, 1.807) is 0 Å². The molecule has 1 heteroatoms. The number of unbranched alkanes of at least 4 members (excludes halogenated alkanes) is 1. The van der Waals surface area contributed by atoms with Crippen LogP contribution in [0.1, 0.15) is 104 Å². The van der Waals surface area contributed by atoms with Crippen LogP contribution in [0.15, 0.2) is 12.2 Å². The van der Waals surface area contributed by atoms with Gasteiger partial charge in [-0.15, -0.1) is 0 Å². The molecule has 0 heterocycles. The predicted octanol–water partition coefficient (Wildman–Crippen LogP) is 7.30. The molecule has 0 spiro atoms. The van der Waals surface area contributed by atoms with Gasteiger partial charge in [0.2, 0.25) is 0 Å². The molecular weight excluding hydrogens is 292 g/mol. The molecule has 1 nitrogen and oxygen atoms in total. The minimum atomic E-state index is 0.584. The summed E-state index contributed by atoms with van der Waals surface area (Å²) in [4.78, 5) is 0. The lowest BCUT2D eigenvalue weighted by Gasteiger charge is -2.32. The smallest absolute Gasteiger partial charge is 0.0575 e. The molecule has 0 amide bonds. The lowest BCUT2D eigenvalue weighted by molar-refractivity contribution is 0.0150. The second-order valence-electron chi connectivity index (χ2n) is 8.48. The number of hydrogen-bond acceptors (Lipinski definition) is 1. The van der Waals surface area contributed by atoms with E-state index in [4.69, 9.17) is 4.74 Å². The van der Waals surface area contributed by atoms with Gasteiger partial charge < -0.3 is 4.74 Å². The number of hydrogen-bond donors (Lipinski definition) is 0. The van der Waals surface area contributed by atoms with Crippen LogP contribution in [0.5, 0.6) is 0 Å². The SMILES string of the molecule is C/C=C/CC[C@H]1CC[C@H](CC[C@H]2CC[C@H](OCCCC)CC2)CC1. The largest absolute Gasteiger partial charge is 0.378 e. The highest BCUT2D eigenvalue weighted by molar-refractivity contribution is 4.81. The second-order valence-corrected chi connectivity index (χ2v) is 8.48. The Labute approximate surface area is 151 Å². The molecule has 0 aromatic carbocycles. The van der Waals surface area contributed by atoms with Crippen LogP contribution in [0.25, 0.3) is 0 Å². The molecule has 0 aliphatic heterocycles. The van der Waals surface area contributed by atoms with E-state index >= 15 is 0 Å². The van der Waals surface area contributed by atoms with Crippen molar-refractivity contribution in [3.8, 4) is 0 Å². The van der Waals surface area contributed by atoms with Crippen LogP contribution in [0.4, 0.5) is 0 Å². The molecule has 2 aliphatic rings. The molecule has 0 aromatic rings. The summed E-state index contributed by atoms with van der Waals surface area (Å²) in [5, 5.41) is 0. The summed E-state index contributed by atoms with van der Waals surface area (Å²) in [5.74, 6) is 3.07. The van der Waals surface area contributed by atoms with E-state index < -0.39 is 0 Å². The molecule has 0 bridgehead atoms. The first-order valence-electron chi connectivity index (χ1n) is 11.0. The van der Waals surface area contributed by atoms with E-state index in [1.165, 1.54) is 89.9 Å². The fourth-order valence-corrected chi connectivity index (χ4v) is 4.76.